The lowest BCUT2D eigenvalue weighted by molar-refractivity contribution is 0.0768. The highest BCUT2D eigenvalue weighted by Crippen LogP contribution is 2.44. The van der Waals surface area contributed by atoms with E-state index in [0.29, 0.717) is 23.4 Å². The highest BCUT2D eigenvalue weighted by molar-refractivity contribution is 5.94. The second kappa shape index (κ2) is 6.72. The van der Waals surface area contributed by atoms with Gasteiger partial charge in [-0.1, -0.05) is 12.1 Å². The Bertz CT molecular complexity index is 791. The van der Waals surface area contributed by atoms with Gasteiger partial charge in [0.05, 0.1) is 7.11 Å². The fraction of sp³-hybridized carbons (Fsp3) is 0.381. The van der Waals surface area contributed by atoms with Crippen LogP contribution in [-0.2, 0) is 0 Å². The molecule has 4 nitrogen and oxygen atoms in total. The number of carbonyl (C=O) groups is 1. The maximum absolute atomic E-state index is 13.1. The van der Waals surface area contributed by atoms with Gasteiger partial charge in [0.15, 0.2) is 0 Å². The number of ether oxygens (including phenoxy) is 1. The minimum absolute atomic E-state index is 0.00414. The molecule has 2 aromatic rings. The minimum Gasteiger partial charge on any atom is -0.497 e. The van der Waals surface area contributed by atoms with E-state index >= 15 is 0 Å². The monoisotopic (exact) mass is 354 g/mol. The zero-order valence-corrected chi connectivity index (χ0v) is 15.1. The fourth-order valence-corrected chi connectivity index (χ4v) is 4.50. The number of halogens is 1. The van der Waals surface area contributed by atoms with Crippen molar-refractivity contribution < 1.29 is 13.9 Å². The van der Waals surface area contributed by atoms with Crippen LogP contribution < -0.4 is 4.74 Å². The van der Waals surface area contributed by atoms with E-state index < -0.39 is 0 Å². The largest absolute Gasteiger partial charge is 0.497 e. The van der Waals surface area contributed by atoms with Crippen LogP contribution in [0.4, 0.5) is 4.39 Å². The fourth-order valence-electron chi connectivity index (χ4n) is 4.50. The van der Waals surface area contributed by atoms with E-state index in [2.05, 4.69) is 24.1 Å². The minimum atomic E-state index is -0.318. The Kier molecular flexibility index (Phi) is 4.41. The van der Waals surface area contributed by atoms with Gasteiger partial charge in [0.1, 0.15) is 11.6 Å². The molecule has 2 heterocycles. The third kappa shape index (κ3) is 2.97. The van der Waals surface area contributed by atoms with Gasteiger partial charge in [-0.15, -0.1) is 0 Å². The molecule has 3 atom stereocenters. The van der Waals surface area contributed by atoms with Crippen molar-refractivity contribution in [3.8, 4) is 5.75 Å². The molecule has 2 aromatic carbocycles. The van der Waals surface area contributed by atoms with Crippen LogP contribution in [-0.4, -0.2) is 49.5 Å². The first-order valence-electron chi connectivity index (χ1n) is 8.96. The normalized spacial score (nSPS) is 25.3. The summed E-state index contributed by atoms with van der Waals surface area (Å²) >= 11 is 0. The van der Waals surface area contributed by atoms with Crippen LogP contribution in [0.5, 0.6) is 5.75 Å². The lowest BCUT2D eigenvalue weighted by Crippen LogP contribution is -2.33. The molecule has 5 heteroatoms. The van der Waals surface area contributed by atoms with E-state index in [0.717, 1.165) is 25.4 Å². The van der Waals surface area contributed by atoms with E-state index in [9.17, 15) is 9.18 Å². The van der Waals surface area contributed by atoms with Gasteiger partial charge >= 0.3 is 0 Å². The Morgan fingerprint density at radius 3 is 2.38 bits per heavy atom. The van der Waals surface area contributed by atoms with E-state index in [1.165, 1.54) is 17.7 Å². The Labute approximate surface area is 153 Å². The summed E-state index contributed by atoms with van der Waals surface area (Å²) in [6.07, 6.45) is 0. The number of likely N-dealkylation sites (tertiary alicyclic amines) is 2. The quantitative estimate of drug-likeness (QED) is 0.849. The highest BCUT2D eigenvalue weighted by Gasteiger charge is 2.47. The van der Waals surface area contributed by atoms with Crippen molar-refractivity contribution in [3.63, 3.8) is 0 Å². The number of nitrogens with zero attached hydrogens (tertiary/aromatic N) is 2. The number of methoxy groups -OCH3 is 1. The average Bonchev–Trinajstić information content (AvgIpc) is 3.18. The Morgan fingerprint density at radius 1 is 1.04 bits per heavy atom. The van der Waals surface area contributed by atoms with Crippen molar-refractivity contribution in [2.24, 2.45) is 11.8 Å². The predicted octanol–water partition coefficient (Wildman–Crippen LogP) is 3.21. The van der Waals surface area contributed by atoms with E-state index in [-0.39, 0.29) is 11.7 Å². The molecular weight excluding hydrogens is 331 g/mol. The van der Waals surface area contributed by atoms with Gasteiger partial charge in [0.25, 0.3) is 5.91 Å². The molecule has 4 rings (SSSR count). The van der Waals surface area contributed by atoms with Gasteiger partial charge < -0.3 is 9.64 Å². The number of hydrogen-bond acceptors (Lipinski definition) is 3. The van der Waals surface area contributed by atoms with Gasteiger partial charge in [0, 0.05) is 37.2 Å². The number of fused-ring (bicyclic) bond motifs is 1. The first-order chi connectivity index (χ1) is 12.6. The number of amides is 1. The van der Waals surface area contributed by atoms with Crippen LogP contribution in [0.2, 0.25) is 0 Å². The summed E-state index contributed by atoms with van der Waals surface area (Å²) in [6.45, 7) is 2.48. The molecule has 0 aromatic heterocycles. The van der Waals surface area contributed by atoms with Crippen LogP contribution in [0, 0.1) is 17.7 Å². The Hall–Kier alpha value is -2.40. The van der Waals surface area contributed by atoms with E-state index in [1.54, 1.807) is 19.2 Å². The first-order valence-corrected chi connectivity index (χ1v) is 8.96. The summed E-state index contributed by atoms with van der Waals surface area (Å²) in [7, 11) is 3.82. The second-order valence-corrected chi connectivity index (χ2v) is 7.30. The Morgan fingerprint density at radius 2 is 1.73 bits per heavy atom. The lowest BCUT2D eigenvalue weighted by atomic mass is 9.89. The molecule has 0 radical (unpaired) electrons. The second-order valence-electron chi connectivity index (χ2n) is 7.30. The molecule has 2 aliphatic rings. The van der Waals surface area contributed by atoms with Crippen molar-refractivity contribution in [3.05, 3.63) is 65.5 Å². The van der Waals surface area contributed by atoms with Crippen molar-refractivity contribution in [1.29, 1.82) is 0 Å². The Balaban J connectivity index is 1.52. The molecule has 0 unspecified atom stereocenters. The van der Waals surface area contributed by atoms with Crippen LogP contribution in [0.25, 0.3) is 0 Å². The molecule has 0 N–H and O–H groups in total. The van der Waals surface area contributed by atoms with E-state index in [1.807, 2.05) is 17.0 Å². The molecule has 2 aliphatic heterocycles. The standard InChI is InChI=1S/C21H23FN2O2/c1-23-11-16-12-24(21(25)15-3-7-17(22)8-4-15)13-19(16)20(23)14-5-9-18(26-2)10-6-14/h3-10,16,19-20H,11-13H2,1-2H3/t16-,19+,20+/m0/s1. The van der Waals surface area contributed by atoms with Gasteiger partial charge in [0.2, 0.25) is 0 Å². The third-order valence-corrected chi connectivity index (χ3v) is 5.73. The molecule has 2 saturated heterocycles. The molecule has 0 saturated carbocycles. The zero-order valence-electron chi connectivity index (χ0n) is 15.1. The maximum atomic E-state index is 13.1. The SMILES string of the molecule is COc1ccc([C@@H]2[C@@H]3CN(C(=O)c4ccc(F)cc4)C[C@@H]3CN2C)cc1. The van der Waals surface area contributed by atoms with Crippen LogP contribution >= 0.6 is 0 Å². The van der Waals surface area contributed by atoms with E-state index in [4.69, 9.17) is 4.74 Å². The topological polar surface area (TPSA) is 32.8 Å². The number of hydrogen-bond donors (Lipinski definition) is 0. The van der Waals surface area contributed by atoms with Crippen LogP contribution in [0.15, 0.2) is 48.5 Å². The summed E-state index contributed by atoms with van der Waals surface area (Å²) in [5.41, 5.74) is 1.82. The van der Waals surface area contributed by atoms with Gasteiger partial charge in [-0.2, -0.15) is 0 Å². The average molecular weight is 354 g/mol. The molecule has 0 spiro atoms. The molecule has 0 bridgehead atoms. The van der Waals surface area contributed by atoms with Crippen molar-refractivity contribution in [2.45, 2.75) is 6.04 Å². The third-order valence-electron chi connectivity index (χ3n) is 5.73. The predicted molar refractivity (Wildman–Crippen MR) is 97.6 cm³/mol. The van der Waals surface area contributed by atoms with Gasteiger partial charge in [-0.05, 0) is 54.9 Å². The summed E-state index contributed by atoms with van der Waals surface area (Å²) in [6, 6.07) is 14.4. The molecule has 136 valence electrons. The van der Waals surface area contributed by atoms with Crippen molar-refractivity contribution in [2.75, 3.05) is 33.8 Å². The first kappa shape index (κ1) is 17.0. The van der Waals surface area contributed by atoms with Gasteiger partial charge in [-0.25, -0.2) is 4.39 Å². The van der Waals surface area contributed by atoms with Crippen LogP contribution in [0.1, 0.15) is 22.0 Å². The van der Waals surface area contributed by atoms with Crippen LogP contribution in [0.3, 0.4) is 0 Å². The zero-order chi connectivity index (χ0) is 18.3. The molecular formula is C21H23FN2O2. The lowest BCUT2D eigenvalue weighted by Gasteiger charge is -2.27. The smallest absolute Gasteiger partial charge is 0.253 e. The highest BCUT2D eigenvalue weighted by atomic mass is 19.1. The molecule has 26 heavy (non-hydrogen) atoms. The molecule has 2 fully saturated rings. The maximum Gasteiger partial charge on any atom is 0.253 e. The summed E-state index contributed by atoms with van der Waals surface area (Å²) in [5.74, 6) is 1.41. The summed E-state index contributed by atoms with van der Waals surface area (Å²) in [5, 5.41) is 0. The van der Waals surface area contributed by atoms with Crippen molar-refractivity contribution >= 4 is 5.91 Å². The van der Waals surface area contributed by atoms with Crippen molar-refractivity contribution in [1.82, 2.24) is 9.80 Å². The van der Waals surface area contributed by atoms with Gasteiger partial charge in [-0.3, -0.25) is 9.69 Å². The molecule has 1 amide bonds. The summed E-state index contributed by atoms with van der Waals surface area (Å²) in [4.78, 5) is 17.1. The number of benzene rings is 2. The number of rotatable bonds is 3. The number of carbonyl (C=O) groups excluding carboxylic acids is 1. The summed E-state index contributed by atoms with van der Waals surface area (Å²) < 4.78 is 18.4. The molecule has 0 aliphatic carbocycles.